The summed E-state index contributed by atoms with van der Waals surface area (Å²) in [6, 6.07) is 30.8. The molecular weight excluding hydrogens is 530 g/mol. The van der Waals surface area contributed by atoms with E-state index in [0.29, 0.717) is 11.8 Å². The molecule has 228 valence electrons. The fourth-order valence-corrected chi connectivity index (χ4v) is 9.44. The fourth-order valence-electron chi connectivity index (χ4n) is 9.44. The summed E-state index contributed by atoms with van der Waals surface area (Å²) >= 11 is 0. The molecule has 0 heterocycles. The molecule has 0 aliphatic heterocycles. The summed E-state index contributed by atoms with van der Waals surface area (Å²) in [4.78, 5) is 0. The lowest BCUT2D eigenvalue weighted by Gasteiger charge is -2.34. The van der Waals surface area contributed by atoms with E-state index in [1.54, 1.807) is 0 Å². The van der Waals surface area contributed by atoms with Gasteiger partial charge in [-0.25, -0.2) is 0 Å². The maximum Gasteiger partial charge on any atom is 0.0476 e. The first-order chi connectivity index (χ1) is 21.6. The monoisotopic (exact) mass is 581 g/mol. The molecule has 1 nitrogen and oxygen atoms in total. The quantitative estimate of drug-likeness (QED) is 0.206. The molecule has 7 rings (SSSR count). The van der Waals surface area contributed by atoms with Crippen molar-refractivity contribution in [2.24, 2.45) is 0 Å². The summed E-state index contributed by atoms with van der Waals surface area (Å²) in [6.45, 7) is 4.70. The van der Waals surface area contributed by atoms with Gasteiger partial charge in [0.2, 0.25) is 0 Å². The molecule has 2 saturated carbocycles. The van der Waals surface area contributed by atoms with Crippen molar-refractivity contribution in [3.05, 3.63) is 101 Å². The lowest BCUT2D eigenvalue weighted by Crippen LogP contribution is -2.26. The second kappa shape index (κ2) is 12.6. The minimum atomic E-state index is -0.00963. The first-order valence-corrected chi connectivity index (χ1v) is 17.9. The maximum absolute atomic E-state index is 7.43. The molecule has 0 radical (unpaired) electrons. The summed E-state index contributed by atoms with van der Waals surface area (Å²) < 4.78 is 0. The van der Waals surface area contributed by atoms with E-state index in [2.05, 4.69) is 92.7 Å². The van der Waals surface area contributed by atoms with Crippen LogP contribution in [-0.2, 0) is 5.41 Å². The Balaban J connectivity index is 1.41. The lowest BCUT2D eigenvalue weighted by atomic mass is 9.69. The molecule has 4 aromatic carbocycles. The van der Waals surface area contributed by atoms with Crippen molar-refractivity contribution in [2.45, 2.75) is 121 Å². The average molecular weight is 582 g/mol. The third-order valence-electron chi connectivity index (χ3n) is 11.5. The molecule has 3 aliphatic rings. The van der Waals surface area contributed by atoms with Crippen LogP contribution < -0.4 is 5.73 Å². The topological polar surface area (TPSA) is 26.0 Å². The van der Waals surface area contributed by atoms with Gasteiger partial charge < -0.3 is 5.73 Å². The Bertz CT molecular complexity index is 1570. The molecule has 0 spiro atoms. The van der Waals surface area contributed by atoms with Gasteiger partial charge in [0.15, 0.2) is 0 Å². The van der Waals surface area contributed by atoms with Gasteiger partial charge in [0, 0.05) is 22.2 Å². The molecular formula is C43H51N. The van der Waals surface area contributed by atoms with Crippen LogP contribution in [0.2, 0.25) is 0 Å². The van der Waals surface area contributed by atoms with Gasteiger partial charge in [0.05, 0.1) is 0 Å². The number of rotatable bonds is 8. The standard InChI is InChI=1S/C43H51N/c1-3-27-43(28-4-2)39-18-12-11-17-36(39)38-29-37(34-23-19-32(20-24-34)30-13-7-5-8-14-30)42(44)40(41(38)43)35-25-21-33(22-26-35)31-15-9-6-10-16-31/h11-12,17-26,29-31H,3-10,13-16,27-28,44H2,1-2H3. The first kappa shape index (κ1) is 29.4. The Kier molecular flexibility index (Phi) is 8.41. The Morgan fingerprint density at radius 2 is 1.11 bits per heavy atom. The van der Waals surface area contributed by atoms with E-state index in [0.717, 1.165) is 31.4 Å². The smallest absolute Gasteiger partial charge is 0.0476 e. The summed E-state index contributed by atoms with van der Waals surface area (Å²) in [5.41, 5.74) is 22.2. The Morgan fingerprint density at radius 3 is 1.66 bits per heavy atom. The molecule has 0 atom stereocenters. The summed E-state index contributed by atoms with van der Waals surface area (Å²) in [6.07, 6.45) is 18.1. The number of hydrogen-bond donors (Lipinski definition) is 1. The van der Waals surface area contributed by atoms with E-state index < -0.39 is 0 Å². The van der Waals surface area contributed by atoms with Crippen molar-refractivity contribution >= 4 is 5.69 Å². The average Bonchev–Trinajstić information content (AvgIpc) is 3.34. The highest BCUT2D eigenvalue weighted by Crippen LogP contribution is 2.59. The highest BCUT2D eigenvalue weighted by atomic mass is 14.6. The van der Waals surface area contributed by atoms with Crippen LogP contribution in [0.25, 0.3) is 33.4 Å². The van der Waals surface area contributed by atoms with E-state index in [-0.39, 0.29) is 5.41 Å². The van der Waals surface area contributed by atoms with Crippen LogP contribution in [0.4, 0.5) is 5.69 Å². The van der Waals surface area contributed by atoms with Crippen LogP contribution in [0, 0.1) is 0 Å². The fraction of sp³-hybridized carbons (Fsp3) is 0.442. The summed E-state index contributed by atoms with van der Waals surface area (Å²) in [7, 11) is 0. The molecule has 0 saturated heterocycles. The van der Waals surface area contributed by atoms with Gasteiger partial charge in [-0.15, -0.1) is 0 Å². The first-order valence-electron chi connectivity index (χ1n) is 17.9. The highest BCUT2D eigenvalue weighted by Gasteiger charge is 2.44. The van der Waals surface area contributed by atoms with E-state index in [1.165, 1.54) is 120 Å². The van der Waals surface area contributed by atoms with E-state index in [9.17, 15) is 0 Å². The van der Waals surface area contributed by atoms with Crippen molar-refractivity contribution in [2.75, 3.05) is 5.73 Å². The SMILES string of the molecule is CCCC1(CCC)c2ccccc2-c2cc(-c3ccc(C4CCCCC4)cc3)c(N)c(-c3ccc(C4CCCCC4)cc3)c21. The minimum absolute atomic E-state index is 0.00963. The zero-order valence-electron chi connectivity index (χ0n) is 27.1. The Morgan fingerprint density at radius 1 is 0.591 bits per heavy atom. The molecule has 3 aliphatic carbocycles. The number of nitrogens with two attached hydrogens (primary N) is 1. The van der Waals surface area contributed by atoms with Crippen LogP contribution in [0.3, 0.4) is 0 Å². The molecule has 0 bridgehead atoms. The number of nitrogen functional groups attached to an aromatic ring is 1. The molecule has 0 aromatic heterocycles. The van der Waals surface area contributed by atoms with Crippen LogP contribution in [-0.4, -0.2) is 0 Å². The minimum Gasteiger partial charge on any atom is -0.398 e. The molecule has 0 amide bonds. The Labute approximate surface area is 266 Å². The van der Waals surface area contributed by atoms with E-state index in [4.69, 9.17) is 5.73 Å². The van der Waals surface area contributed by atoms with E-state index >= 15 is 0 Å². The van der Waals surface area contributed by atoms with Crippen molar-refractivity contribution in [3.8, 4) is 33.4 Å². The zero-order chi connectivity index (χ0) is 30.1. The van der Waals surface area contributed by atoms with Gasteiger partial charge in [0.25, 0.3) is 0 Å². The van der Waals surface area contributed by atoms with Crippen molar-refractivity contribution in [3.63, 3.8) is 0 Å². The molecule has 44 heavy (non-hydrogen) atoms. The summed E-state index contributed by atoms with van der Waals surface area (Å²) in [5.74, 6) is 1.42. The third kappa shape index (κ3) is 5.11. The molecule has 0 unspecified atom stereocenters. The van der Waals surface area contributed by atoms with Crippen molar-refractivity contribution in [1.82, 2.24) is 0 Å². The predicted octanol–water partition coefficient (Wildman–Crippen LogP) is 12.6. The second-order valence-electron chi connectivity index (χ2n) is 14.2. The molecule has 2 N–H and O–H groups in total. The van der Waals surface area contributed by atoms with Crippen LogP contribution in [0.5, 0.6) is 0 Å². The predicted molar refractivity (Wildman–Crippen MR) is 189 cm³/mol. The van der Waals surface area contributed by atoms with Gasteiger partial charge >= 0.3 is 0 Å². The summed E-state index contributed by atoms with van der Waals surface area (Å²) in [5, 5.41) is 0. The van der Waals surface area contributed by atoms with Gasteiger partial charge in [-0.05, 0) is 101 Å². The van der Waals surface area contributed by atoms with Gasteiger partial charge in [0.1, 0.15) is 0 Å². The van der Waals surface area contributed by atoms with E-state index in [1.807, 2.05) is 0 Å². The Hall–Kier alpha value is -3.32. The van der Waals surface area contributed by atoms with Gasteiger partial charge in [-0.2, -0.15) is 0 Å². The van der Waals surface area contributed by atoms with Gasteiger partial charge in [-0.1, -0.05) is 138 Å². The normalized spacial score (nSPS) is 18.2. The second-order valence-corrected chi connectivity index (χ2v) is 14.2. The highest BCUT2D eigenvalue weighted by molar-refractivity contribution is 6.00. The molecule has 1 heteroatoms. The lowest BCUT2D eigenvalue weighted by molar-refractivity contribution is 0.437. The molecule has 4 aromatic rings. The van der Waals surface area contributed by atoms with Crippen LogP contribution >= 0.6 is 0 Å². The number of anilines is 1. The number of hydrogen-bond acceptors (Lipinski definition) is 1. The van der Waals surface area contributed by atoms with Gasteiger partial charge in [-0.3, -0.25) is 0 Å². The van der Waals surface area contributed by atoms with Crippen LogP contribution in [0.15, 0.2) is 78.9 Å². The maximum atomic E-state index is 7.43. The molecule has 2 fully saturated rings. The largest absolute Gasteiger partial charge is 0.398 e. The number of benzene rings is 4. The van der Waals surface area contributed by atoms with Crippen LogP contribution in [0.1, 0.15) is 138 Å². The third-order valence-corrected chi connectivity index (χ3v) is 11.5. The number of fused-ring (bicyclic) bond motifs is 3. The zero-order valence-corrected chi connectivity index (χ0v) is 27.1. The van der Waals surface area contributed by atoms with Crippen molar-refractivity contribution < 1.29 is 0 Å². The van der Waals surface area contributed by atoms with Crippen molar-refractivity contribution in [1.29, 1.82) is 0 Å².